The molecule has 1 unspecified atom stereocenters. The molecule has 0 aromatic heterocycles. The first kappa shape index (κ1) is 16.6. The predicted octanol–water partition coefficient (Wildman–Crippen LogP) is 6.04. The van der Waals surface area contributed by atoms with Gasteiger partial charge in [0, 0.05) is 15.1 Å². The molecule has 0 aliphatic heterocycles. The summed E-state index contributed by atoms with van der Waals surface area (Å²) in [4.78, 5) is 0. The average Bonchev–Trinajstić information content (AvgIpc) is 2.44. The van der Waals surface area contributed by atoms with Gasteiger partial charge in [-0.15, -0.1) is 0 Å². The van der Waals surface area contributed by atoms with Crippen molar-refractivity contribution in [1.29, 1.82) is 0 Å². The molecule has 0 saturated heterocycles. The number of nitrogens with one attached hydrogen (secondary N) is 1. The minimum Gasteiger partial charge on any atom is -0.306 e. The zero-order chi connectivity index (χ0) is 15.4. The highest BCUT2D eigenvalue weighted by molar-refractivity contribution is 6.33. The van der Waals surface area contributed by atoms with E-state index in [0.29, 0.717) is 10.0 Å². The van der Waals surface area contributed by atoms with Crippen LogP contribution < -0.4 is 5.32 Å². The maximum Gasteiger partial charge on any atom is 0.0594 e. The maximum atomic E-state index is 6.38. The molecule has 0 aliphatic carbocycles. The van der Waals surface area contributed by atoms with Gasteiger partial charge in [0.25, 0.3) is 0 Å². The van der Waals surface area contributed by atoms with Crippen molar-refractivity contribution >= 4 is 34.8 Å². The van der Waals surface area contributed by atoms with E-state index < -0.39 is 0 Å². The second-order valence-corrected chi connectivity index (χ2v) is 6.33. The standard InChI is InChI=1S/C17H18Cl3N/c1-3-8-21-17(14-6-4-12(18)9-11(14)2)15-10-13(19)5-7-16(15)20/h4-7,9-10,17,21H,3,8H2,1-2H3. The summed E-state index contributed by atoms with van der Waals surface area (Å²) < 4.78 is 0. The Labute approximate surface area is 141 Å². The SMILES string of the molecule is CCCNC(c1ccc(Cl)cc1C)c1cc(Cl)ccc1Cl. The summed E-state index contributed by atoms with van der Waals surface area (Å²) in [6.45, 7) is 5.09. The van der Waals surface area contributed by atoms with Crippen molar-refractivity contribution in [1.82, 2.24) is 5.32 Å². The zero-order valence-electron chi connectivity index (χ0n) is 12.1. The van der Waals surface area contributed by atoms with E-state index in [-0.39, 0.29) is 6.04 Å². The van der Waals surface area contributed by atoms with Crippen molar-refractivity contribution in [3.05, 3.63) is 68.2 Å². The summed E-state index contributed by atoms with van der Waals surface area (Å²) in [6.07, 6.45) is 1.04. The van der Waals surface area contributed by atoms with Crippen LogP contribution in [0.25, 0.3) is 0 Å². The van der Waals surface area contributed by atoms with Crippen molar-refractivity contribution in [3.8, 4) is 0 Å². The first-order chi connectivity index (χ1) is 10.0. The van der Waals surface area contributed by atoms with E-state index >= 15 is 0 Å². The zero-order valence-corrected chi connectivity index (χ0v) is 14.4. The molecule has 1 atom stereocenters. The van der Waals surface area contributed by atoms with Crippen molar-refractivity contribution in [2.24, 2.45) is 0 Å². The van der Waals surface area contributed by atoms with Gasteiger partial charge < -0.3 is 5.32 Å². The van der Waals surface area contributed by atoms with Gasteiger partial charge in [0.15, 0.2) is 0 Å². The molecule has 0 aliphatic rings. The molecule has 2 aromatic carbocycles. The van der Waals surface area contributed by atoms with Gasteiger partial charge in [-0.1, -0.05) is 47.8 Å². The van der Waals surface area contributed by atoms with Gasteiger partial charge in [-0.05, 0) is 66.9 Å². The Bertz CT molecular complexity index is 625. The summed E-state index contributed by atoms with van der Waals surface area (Å²) in [7, 11) is 0. The fourth-order valence-electron chi connectivity index (χ4n) is 2.37. The Kier molecular flexibility index (Phi) is 5.95. The Balaban J connectivity index is 2.49. The van der Waals surface area contributed by atoms with Crippen LogP contribution in [-0.4, -0.2) is 6.54 Å². The molecule has 0 amide bonds. The van der Waals surface area contributed by atoms with Crippen LogP contribution in [0.5, 0.6) is 0 Å². The Morgan fingerprint density at radius 1 is 0.952 bits per heavy atom. The molecule has 0 fully saturated rings. The molecule has 0 bridgehead atoms. The van der Waals surface area contributed by atoms with Crippen molar-refractivity contribution in [2.45, 2.75) is 26.3 Å². The van der Waals surface area contributed by atoms with E-state index in [2.05, 4.69) is 19.2 Å². The highest BCUT2D eigenvalue weighted by Crippen LogP contribution is 2.33. The van der Waals surface area contributed by atoms with Gasteiger partial charge in [-0.3, -0.25) is 0 Å². The molecular formula is C17H18Cl3N. The number of rotatable bonds is 5. The van der Waals surface area contributed by atoms with Gasteiger partial charge in [0.05, 0.1) is 6.04 Å². The molecular weight excluding hydrogens is 325 g/mol. The molecule has 112 valence electrons. The Morgan fingerprint density at radius 3 is 2.29 bits per heavy atom. The fraction of sp³-hybridized carbons (Fsp3) is 0.294. The van der Waals surface area contributed by atoms with E-state index in [1.165, 1.54) is 0 Å². The second-order valence-electron chi connectivity index (χ2n) is 5.05. The largest absolute Gasteiger partial charge is 0.306 e. The molecule has 0 spiro atoms. The van der Waals surface area contributed by atoms with Crippen molar-refractivity contribution < 1.29 is 0 Å². The van der Waals surface area contributed by atoms with Crippen molar-refractivity contribution in [3.63, 3.8) is 0 Å². The minimum atomic E-state index is 0.00779. The first-order valence-electron chi connectivity index (χ1n) is 6.97. The van der Waals surface area contributed by atoms with Crippen LogP contribution >= 0.6 is 34.8 Å². The van der Waals surface area contributed by atoms with Crippen LogP contribution in [0, 0.1) is 6.92 Å². The van der Waals surface area contributed by atoms with Gasteiger partial charge >= 0.3 is 0 Å². The van der Waals surface area contributed by atoms with Crippen LogP contribution in [0.3, 0.4) is 0 Å². The van der Waals surface area contributed by atoms with Crippen LogP contribution in [0.4, 0.5) is 0 Å². The lowest BCUT2D eigenvalue weighted by Gasteiger charge is -2.23. The smallest absolute Gasteiger partial charge is 0.0594 e. The third kappa shape index (κ3) is 4.14. The Morgan fingerprint density at radius 2 is 1.62 bits per heavy atom. The average molecular weight is 343 g/mol. The van der Waals surface area contributed by atoms with E-state index in [1.807, 2.05) is 30.3 Å². The summed E-state index contributed by atoms with van der Waals surface area (Å²) >= 11 is 18.6. The Hall–Kier alpha value is -0.730. The molecule has 0 radical (unpaired) electrons. The second kappa shape index (κ2) is 7.51. The normalized spacial score (nSPS) is 12.4. The number of halogens is 3. The summed E-state index contributed by atoms with van der Waals surface area (Å²) in [5.41, 5.74) is 3.28. The lowest BCUT2D eigenvalue weighted by Crippen LogP contribution is -2.24. The summed E-state index contributed by atoms with van der Waals surface area (Å²) in [5.74, 6) is 0. The minimum absolute atomic E-state index is 0.00779. The van der Waals surface area contributed by atoms with Crippen LogP contribution in [0.2, 0.25) is 15.1 Å². The molecule has 2 rings (SSSR count). The molecule has 4 heteroatoms. The summed E-state index contributed by atoms with van der Waals surface area (Å²) in [6, 6.07) is 11.5. The number of aryl methyl sites for hydroxylation is 1. The summed E-state index contributed by atoms with van der Waals surface area (Å²) in [5, 5.41) is 5.68. The highest BCUT2D eigenvalue weighted by Gasteiger charge is 2.18. The van der Waals surface area contributed by atoms with E-state index in [9.17, 15) is 0 Å². The van der Waals surface area contributed by atoms with E-state index in [4.69, 9.17) is 34.8 Å². The third-order valence-corrected chi connectivity index (χ3v) is 4.22. The first-order valence-corrected chi connectivity index (χ1v) is 8.10. The number of hydrogen-bond acceptors (Lipinski definition) is 1. The maximum absolute atomic E-state index is 6.38. The van der Waals surface area contributed by atoms with Gasteiger partial charge in [0.2, 0.25) is 0 Å². The monoisotopic (exact) mass is 341 g/mol. The molecule has 0 heterocycles. The molecule has 2 aromatic rings. The van der Waals surface area contributed by atoms with Crippen LogP contribution in [-0.2, 0) is 0 Å². The fourth-order valence-corrected chi connectivity index (χ4v) is 3.01. The van der Waals surface area contributed by atoms with Crippen molar-refractivity contribution in [2.75, 3.05) is 6.54 Å². The van der Waals surface area contributed by atoms with Gasteiger partial charge in [-0.2, -0.15) is 0 Å². The molecule has 1 nitrogen and oxygen atoms in total. The lowest BCUT2D eigenvalue weighted by atomic mass is 9.95. The van der Waals surface area contributed by atoms with Crippen LogP contribution in [0.1, 0.15) is 36.1 Å². The number of benzene rings is 2. The van der Waals surface area contributed by atoms with Crippen LogP contribution in [0.15, 0.2) is 36.4 Å². The third-order valence-electron chi connectivity index (χ3n) is 3.41. The lowest BCUT2D eigenvalue weighted by molar-refractivity contribution is 0.596. The van der Waals surface area contributed by atoms with E-state index in [0.717, 1.165) is 34.7 Å². The molecule has 0 saturated carbocycles. The quantitative estimate of drug-likeness (QED) is 0.698. The van der Waals surface area contributed by atoms with E-state index in [1.54, 1.807) is 6.07 Å². The van der Waals surface area contributed by atoms with Gasteiger partial charge in [-0.25, -0.2) is 0 Å². The molecule has 21 heavy (non-hydrogen) atoms. The topological polar surface area (TPSA) is 12.0 Å². The molecule has 1 N–H and O–H groups in total. The number of hydrogen-bond donors (Lipinski definition) is 1. The predicted molar refractivity (Wildman–Crippen MR) is 92.8 cm³/mol. The van der Waals surface area contributed by atoms with Gasteiger partial charge in [0.1, 0.15) is 0 Å². The highest BCUT2D eigenvalue weighted by atomic mass is 35.5.